The maximum Gasteiger partial charge on any atom is 0.501 e. The molecule has 2 aromatic rings. The number of aromatic nitrogens is 2. The first-order valence-corrected chi connectivity index (χ1v) is 7.41. The Labute approximate surface area is 126 Å². The molecule has 0 saturated carbocycles. The van der Waals surface area contributed by atoms with Gasteiger partial charge < -0.3 is 0 Å². The fourth-order valence-corrected chi connectivity index (χ4v) is 2.59. The Morgan fingerprint density at radius 3 is 2.04 bits per heavy atom. The number of nitrogens with one attached hydrogen (secondary N) is 1. The molecule has 0 amide bonds. The lowest BCUT2D eigenvalue weighted by atomic mass is 10.1. The highest BCUT2D eigenvalue weighted by molar-refractivity contribution is 7.92. The van der Waals surface area contributed by atoms with E-state index in [1.807, 2.05) is 0 Å². The molecule has 0 bridgehead atoms. The Morgan fingerprint density at radius 2 is 1.57 bits per heavy atom. The van der Waals surface area contributed by atoms with E-state index in [-0.39, 0.29) is 17.5 Å². The van der Waals surface area contributed by atoms with Crippen molar-refractivity contribution in [3.8, 4) is 0 Å². The van der Waals surface area contributed by atoms with Crippen LogP contribution in [0.4, 0.5) is 26.3 Å². The van der Waals surface area contributed by atoms with Crippen molar-refractivity contribution in [2.75, 3.05) is 0 Å². The fourth-order valence-electron chi connectivity index (χ4n) is 1.83. The first-order valence-electron chi connectivity index (χ1n) is 5.92. The van der Waals surface area contributed by atoms with Gasteiger partial charge in [-0.1, -0.05) is 12.1 Å². The Morgan fingerprint density at radius 1 is 1.00 bits per heavy atom. The molecule has 0 aliphatic rings. The van der Waals surface area contributed by atoms with Gasteiger partial charge in [-0.05, 0) is 17.7 Å². The van der Waals surface area contributed by atoms with Crippen LogP contribution >= 0.6 is 0 Å². The van der Waals surface area contributed by atoms with Crippen LogP contribution < -0.4 is 0 Å². The summed E-state index contributed by atoms with van der Waals surface area (Å²) >= 11 is 0. The molecule has 11 heteroatoms. The van der Waals surface area contributed by atoms with Crippen molar-refractivity contribution >= 4 is 9.84 Å². The summed E-state index contributed by atoms with van der Waals surface area (Å²) in [5, 5.41) is 5.09. The van der Waals surface area contributed by atoms with Crippen LogP contribution in [-0.2, 0) is 22.4 Å². The highest BCUT2D eigenvalue weighted by Crippen LogP contribution is 2.32. The molecule has 0 saturated heterocycles. The standard InChI is InChI=1S/C12H8F6N2O2S/c13-11(14,15)10-8(6-19-20-10)5-7-1-3-9(4-2-7)23(21,22)12(16,17)18/h1-4,6H,5H2,(H,19,20). The Balaban J connectivity index is 2.28. The van der Waals surface area contributed by atoms with E-state index in [4.69, 9.17) is 0 Å². The molecule has 2 rings (SSSR count). The molecule has 1 aromatic carbocycles. The quantitative estimate of drug-likeness (QED) is 0.857. The van der Waals surface area contributed by atoms with E-state index in [1.165, 1.54) is 0 Å². The molecule has 0 fully saturated rings. The third kappa shape index (κ3) is 3.49. The average molecular weight is 358 g/mol. The topological polar surface area (TPSA) is 62.8 Å². The van der Waals surface area contributed by atoms with Crippen molar-refractivity contribution in [2.24, 2.45) is 0 Å². The largest absolute Gasteiger partial charge is 0.501 e. The molecule has 1 N–H and O–H groups in total. The van der Waals surface area contributed by atoms with Gasteiger partial charge in [0.1, 0.15) is 5.69 Å². The third-order valence-electron chi connectivity index (χ3n) is 2.93. The summed E-state index contributed by atoms with van der Waals surface area (Å²) < 4.78 is 97.5. The van der Waals surface area contributed by atoms with Crippen molar-refractivity contribution < 1.29 is 34.8 Å². The summed E-state index contributed by atoms with van der Waals surface area (Å²) in [6.07, 6.45) is -3.97. The number of hydrogen-bond acceptors (Lipinski definition) is 3. The second kappa shape index (κ2) is 5.55. The van der Waals surface area contributed by atoms with E-state index in [0.29, 0.717) is 12.1 Å². The second-order valence-corrected chi connectivity index (χ2v) is 6.48. The number of sulfone groups is 1. The van der Waals surface area contributed by atoms with E-state index in [9.17, 15) is 34.8 Å². The van der Waals surface area contributed by atoms with Gasteiger partial charge in [-0.3, -0.25) is 5.10 Å². The van der Waals surface area contributed by atoms with Crippen LogP contribution in [0.2, 0.25) is 0 Å². The number of aromatic amines is 1. The van der Waals surface area contributed by atoms with Crippen LogP contribution in [0, 0.1) is 0 Å². The molecule has 23 heavy (non-hydrogen) atoms. The molecule has 1 heterocycles. The number of alkyl halides is 6. The van der Waals surface area contributed by atoms with Gasteiger partial charge in [0.05, 0.1) is 11.1 Å². The minimum atomic E-state index is -5.49. The molecule has 0 unspecified atom stereocenters. The predicted molar refractivity (Wildman–Crippen MR) is 66.1 cm³/mol. The van der Waals surface area contributed by atoms with E-state index >= 15 is 0 Å². The van der Waals surface area contributed by atoms with E-state index in [1.54, 1.807) is 5.10 Å². The fraction of sp³-hybridized carbons (Fsp3) is 0.250. The zero-order chi connectivity index (χ0) is 17.5. The summed E-state index contributed by atoms with van der Waals surface area (Å²) in [7, 11) is -5.49. The lowest BCUT2D eigenvalue weighted by molar-refractivity contribution is -0.141. The van der Waals surface area contributed by atoms with E-state index in [0.717, 1.165) is 18.3 Å². The van der Waals surface area contributed by atoms with Gasteiger partial charge in [0.25, 0.3) is 9.84 Å². The average Bonchev–Trinajstić information content (AvgIpc) is 2.86. The Bertz CT molecular complexity index is 790. The minimum Gasteiger partial charge on any atom is -0.273 e. The van der Waals surface area contributed by atoms with Crippen LogP contribution in [0.15, 0.2) is 35.4 Å². The van der Waals surface area contributed by atoms with Crippen molar-refractivity contribution in [3.05, 3.63) is 47.3 Å². The van der Waals surface area contributed by atoms with E-state index < -0.39 is 32.1 Å². The molecule has 0 spiro atoms. The first kappa shape index (κ1) is 17.3. The first-order chi connectivity index (χ1) is 10.4. The summed E-state index contributed by atoms with van der Waals surface area (Å²) in [4.78, 5) is -0.975. The van der Waals surface area contributed by atoms with Crippen molar-refractivity contribution in [3.63, 3.8) is 0 Å². The lowest BCUT2D eigenvalue weighted by Gasteiger charge is -2.09. The number of H-pyrrole nitrogens is 1. The van der Waals surface area contributed by atoms with Crippen molar-refractivity contribution in [1.82, 2.24) is 10.2 Å². The van der Waals surface area contributed by atoms with Gasteiger partial charge in [-0.2, -0.15) is 31.4 Å². The normalized spacial score (nSPS) is 13.3. The number of benzene rings is 1. The molecule has 0 aliphatic heterocycles. The van der Waals surface area contributed by atoms with Crippen LogP contribution in [0.5, 0.6) is 0 Å². The van der Waals surface area contributed by atoms with Gasteiger partial charge >= 0.3 is 11.7 Å². The molecule has 0 atom stereocenters. The monoisotopic (exact) mass is 358 g/mol. The van der Waals surface area contributed by atoms with Gasteiger partial charge in [-0.25, -0.2) is 8.42 Å². The number of halogens is 6. The van der Waals surface area contributed by atoms with Crippen molar-refractivity contribution in [2.45, 2.75) is 23.0 Å². The van der Waals surface area contributed by atoms with E-state index in [2.05, 4.69) is 5.10 Å². The van der Waals surface area contributed by atoms with Crippen molar-refractivity contribution in [1.29, 1.82) is 0 Å². The number of hydrogen-bond donors (Lipinski definition) is 1. The van der Waals surface area contributed by atoms with Gasteiger partial charge in [0, 0.05) is 12.0 Å². The molecule has 0 aliphatic carbocycles. The zero-order valence-electron chi connectivity index (χ0n) is 11.0. The maximum atomic E-state index is 12.7. The zero-order valence-corrected chi connectivity index (χ0v) is 11.9. The highest BCUT2D eigenvalue weighted by atomic mass is 32.2. The Hall–Kier alpha value is -2.04. The van der Waals surface area contributed by atoms with Crippen LogP contribution in [-0.4, -0.2) is 24.1 Å². The predicted octanol–water partition coefficient (Wildman–Crippen LogP) is 3.31. The number of rotatable bonds is 3. The van der Waals surface area contributed by atoms with Gasteiger partial charge in [0.2, 0.25) is 0 Å². The summed E-state index contributed by atoms with van der Waals surface area (Å²) in [6, 6.07) is 3.44. The van der Waals surface area contributed by atoms with Crippen LogP contribution in [0.3, 0.4) is 0 Å². The van der Waals surface area contributed by atoms with Crippen LogP contribution in [0.25, 0.3) is 0 Å². The SMILES string of the molecule is O=S(=O)(c1ccc(Cc2cn[nH]c2C(F)(F)F)cc1)C(F)(F)F. The van der Waals surface area contributed by atoms with Gasteiger partial charge in [-0.15, -0.1) is 0 Å². The van der Waals surface area contributed by atoms with Crippen LogP contribution in [0.1, 0.15) is 16.8 Å². The molecular formula is C12H8F6N2O2S. The summed E-state index contributed by atoms with van der Waals surface area (Å²) in [6.45, 7) is 0. The maximum absolute atomic E-state index is 12.7. The highest BCUT2D eigenvalue weighted by Gasteiger charge is 2.46. The van der Waals surface area contributed by atoms with Gasteiger partial charge in [0.15, 0.2) is 0 Å². The third-order valence-corrected chi connectivity index (χ3v) is 4.44. The molecule has 1 aromatic heterocycles. The smallest absolute Gasteiger partial charge is 0.273 e. The molecule has 126 valence electrons. The second-order valence-electron chi connectivity index (χ2n) is 4.54. The molecular weight excluding hydrogens is 350 g/mol. The lowest BCUT2D eigenvalue weighted by Crippen LogP contribution is -2.23. The molecule has 0 radical (unpaired) electrons. The summed E-state index contributed by atoms with van der Waals surface area (Å²) in [5.41, 5.74) is -6.51. The number of nitrogens with zero attached hydrogens (tertiary/aromatic N) is 1. The Kier molecular flexibility index (Phi) is 4.18. The summed E-state index contributed by atoms with van der Waals surface area (Å²) in [5.74, 6) is 0. The molecule has 4 nitrogen and oxygen atoms in total. The minimum absolute atomic E-state index is 0.205.